The SMILES string of the molecule is CCC(=O)N(CCCCN)CC(=O)N(CC(=O)N(CCCCN)CC(=O)N(CCCCN)CC(=O)N(CCCCN)CC(=O)N(CC(=O)N(CCCCN)CC(=O)N(CC(=O)NC)Cc1ccccc1)Cc1ccccc1)Cc1ccccc1. The van der Waals surface area contributed by atoms with Gasteiger partial charge in [-0.2, -0.15) is 0 Å². The minimum Gasteiger partial charge on any atom is -0.358 e. The number of amides is 9. The van der Waals surface area contributed by atoms with Crippen molar-refractivity contribution < 1.29 is 43.2 Å². The monoisotopic (exact) mass is 1170 g/mol. The van der Waals surface area contributed by atoms with Gasteiger partial charge in [0.2, 0.25) is 53.2 Å². The Morgan fingerprint density at radius 1 is 0.310 bits per heavy atom. The number of unbranched alkanes of at least 4 members (excludes halogenated alkanes) is 5. The summed E-state index contributed by atoms with van der Waals surface area (Å²) in [6.45, 7) is 1.25. The van der Waals surface area contributed by atoms with Crippen LogP contribution in [0.5, 0.6) is 0 Å². The molecule has 23 nitrogen and oxygen atoms in total. The van der Waals surface area contributed by atoms with Gasteiger partial charge in [-0.05, 0) is 114 Å². The molecule has 0 atom stereocenters. The Morgan fingerprint density at radius 2 is 0.524 bits per heavy atom. The highest BCUT2D eigenvalue weighted by Gasteiger charge is 2.31. The second-order valence-corrected chi connectivity index (χ2v) is 20.8. The molecule has 0 saturated heterocycles. The van der Waals surface area contributed by atoms with E-state index in [2.05, 4.69) is 5.32 Å². The number of benzene rings is 3. The maximum Gasteiger partial charge on any atom is 0.242 e. The van der Waals surface area contributed by atoms with Crippen LogP contribution in [0.4, 0.5) is 0 Å². The first-order valence-electron chi connectivity index (χ1n) is 29.7. The third kappa shape index (κ3) is 27.4. The molecular formula is C61H96N14O9. The second kappa shape index (κ2) is 41.6. The lowest BCUT2D eigenvalue weighted by molar-refractivity contribution is -0.149. The molecule has 0 heterocycles. The minimum atomic E-state index is -0.572. The third-order valence-electron chi connectivity index (χ3n) is 14.1. The van der Waals surface area contributed by atoms with Crippen molar-refractivity contribution in [1.82, 2.24) is 44.5 Å². The minimum absolute atomic E-state index is 0.0202. The topological polar surface area (TPSA) is 322 Å². The van der Waals surface area contributed by atoms with Gasteiger partial charge < -0.3 is 73.2 Å². The summed E-state index contributed by atoms with van der Waals surface area (Å²) < 4.78 is 0. The van der Waals surface area contributed by atoms with Crippen LogP contribution in [0, 0.1) is 0 Å². The standard InChI is InChI=1S/C61H96N14O9/c1-3-54(77)68(34-18-13-29-62)45-60(83)74(40-51-25-9-5-10-26-51)48-57(80)70(36-20-15-31-64)44-55(78)69(35-19-14-30-63)43-56(79)71(37-21-16-32-65)47-61(84)75(41-52-27-11-6-12-28-52)49-58(81)72(38-22-17-33-66)46-59(82)73(42-53(76)67-2)39-50-23-7-4-8-24-50/h4-12,23-28H,3,13-22,29-49,62-66H2,1-2H3,(H,67,76). The Balaban J connectivity index is 1.97. The Labute approximate surface area is 497 Å². The number of rotatable bonds is 43. The molecule has 0 aliphatic rings. The van der Waals surface area contributed by atoms with Gasteiger partial charge in [-0.25, -0.2) is 0 Å². The quantitative estimate of drug-likeness (QED) is 0.0432. The largest absolute Gasteiger partial charge is 0.358 e. The highest BCUT2D eigenvalue weighted by Crippen LogP contribution is 2.14. The first kappa shape index (κ1) is 71.0. The van der Waals surface area contributed by atoms with Gasteiger partial charge in [-0.15, -0.1) is 0 Å². The number of hydrogen-bond donors (Lipinski definition) is 6. The van der Waals surface area contributed by atoms with E-state index in [9.17, 15) is 43.2 Å². The number of nitrogens with zero attached hydrogens (tertiary/aromatic N) is 8. The molecule has 84 heavy (non-hydrogen) atoms. The van der Waals surface area contributed by atoms with Crippen LogP contribution in [0.2, 0.25) is 0 Å². The molecule has 0 unspecified atom stereocenters. The van der Waals surface area contributed by atoms with Crippen molar-refractivity contribution in [3.8, 4) is 0 Å². The van der Waals surface area contributed by atoms with E-state index in [4.69, 9.17) is 28.7 Å². The first-order valence-corrected chi connectivity index (χ1v) is 29.7. The van der Waals surface area contributed by atoms with Gasteiger partial charge in [-0.1, -0.05) is 97.9 Å². The summed E-state index contributed by atoms with van der Waals surface area (Å²) in [5.74, 6) is -4.27. The van der Waals surface area contributed by atoms with E-state index in [1.165, 1.54) is 46.2 Å². The number of carbonyl (C=O) groups is 9. The predicted molar refractivity (Wildman–Crippen MR) is 324 cm³/mol. The lowest BCUT2D eigenvalue weighted by Gasteiger charge is -2.33. The highest BCUT2D eigenvalue weighted by atomic mass is 16.2. The Kier molecular flexibility index (Phi) is 35.2. The van der Waals surface area contributed by atoms with Gasteiger partial charge in [0.15, 0.2) is 0 Å². The fraction of sp³-hybridized carbons (Fsp3) is 0.557. The average Bonchev–Trinajstić information content (AvgIpc) is 3.68. The molecule has 0 spiro atoms. The van der Waals surface area contributed by atoms with E-state index in [0.29, 0.717) is 109 Å². The summed E-state index contributed by atoms with van der Waals surface area (Å²) in [6.07, 6.45) is 5.32. The lowest BCUT2D eigenvalue weighted by Crippen LogP contribution is -2.52. The Bertz CT molecular complexity index is 2440. The molecule has 3 aromatic carbocycles. The van der Waals surface area contributed by atoms with E-state index in [0.717, 1.165) is 11.1 Å². The summed E-state index contributed by atoms with van der Waals surface area (Å²) >= 11 is 0. The fourth-order valence-corrected chi connectivity index (χ4v) is 9.12. The van der Waals surface area contributed by atoms with Crippen LogP contribution in [0.1, 0.15) is 94.2 Å². The summed E-state index contributed by atoms with van der Waals surface area (Å²) in [6, 6.07) is 27.3. The van der Waals surface area contributed by atoms with Crippen molar-refractivity contribution >= 4 is 53.2 Å². The molecule has 0 aliphatic carbocycles. The molecule has 464 valence electrons. The zero-order chi connectivity index (χ0) is 61.5. The van der Waals surface area contributed by atoms with E-state index < -0.39 is 80.0 Å². The summed E-state index contributed by atoms with van der Waals surface area (Å²) in [7, 11) is 1.47. The summed E-state index contributed by atoms with van der Waals surface area (Å²) in [4.78, 5) is 138. The van der Waals surface area contributed by atoms with E-state index in [1.54, 1.807) is 31.2 Å². The Hall–Kier alpha value is -7.31. The zero-order valence-corrected chi connectivity index (χ0v) is 49.9. The van der Waals surface area contributed by atoms with Crippen LogP contribution in [0.3, 0.4) is 0 Å². The average molecular weight is 1170 g/mol. The van der Waals surface area contributed by atoms with Crippen molar-refractivity contribution in [3.63, 3.8) is 0 Å². The number of nitrogens with one attached hydrogen (secondary N) is 1. The normalized spacial score (nSPS) is 10.8. The smallest absolute Gasteiger partial charge is 0.242 e. The highest BCUT2D eigenvalue weighted by molar-refractivity contribution is 5.94. The van der Waals surface area contributed by atoms with Gasteiger partial charge >= 0.3 is 0 Å². The summed E-state index contributed by atoms with van der Waals surface area (Å²) in [5.41, 5.74) is 31.5. The van der Waals surface area contributed by atoms with Crippen LogP contribution in [0.15, 0.2) is 91.0 Å². The molecule has 3 aromatic rings. The van der Waals surface area contributed by atoms with Gasteiger partial charge in [0.1, 0.15) is 13.1 Å². The first-order chi connectivity index (χ1) is 40.6. The van der Waals surface area contributed by atoms with Crippen LogP contribution in [0.25, 0.3) is 0 Å². The fourth-order valence-electron chi connectivity index (χ4n) is 9.12. The van der Waals surface area contributed by atoms with E-state index in [-0.39, 0.29) is 77.8 Å². The van der Waals surface area contributed by atoms with E-state index >= 15 is 0 Å². The van der Waals surface area contributed by atoms with Crippen LogP contribution in [-0.4, -0.2) is 217 Å². The van der Waals surface area contributed by atoms with Crippen LogP contribution < -0.4 is 34.0 Å². The zero-order valence-electron chi connectivity index (χ0n) is 49.9. The van der Waals surface area contributed by atoms with Gasteiger partial charge in [-0.3, -0.25) is 43.2 Å². The molecule has 23 heteroatoms. The molecule has 0 aliphatic heterocycles. The molecule has 0 fully saturated rings. The molecule has 11 N–H and O–H groups in total. The van der Waals surface area contributed by atoms with Crippen molar-refractivity contribution in [2.24, 2.45) is 28.7 Å². The van der Waals surface area contributed by atoms with Crippen LogP contribution in [-0.2, 0) is 62.8 Å². The second-order valence-electron chi connectivity index (χ2n) is 20.8. The maximum atomic E-state index is 14.8. The number of hydrogen-bond acceptors (Lipinski definition) is 14. The maximum absolute atomic E-state index is 14.8. The number of carbonyl (C=O) groups excluding carboxylic acids is 9. The van der Waals surface area contributed by atoms with E-state index in [1.807, 2.05) is 66.7 Å². The molecule has 0 aromatic heterocycles. The number of nitrogens with two attached hydrogens (primary N) is 5. The lowest BCUT2D eigenvalue weighted by atomic mass is 10.2. The number of likely N-dealkylation sites (N-methyl/N-ethyl adjacent to an activating group) is 1. The van der Waals surface area contributed by atoms with Crippen molar-refractivity contribution in [2.75, 3.05) is 125 Å². The predicted octanol–water partition coefficient (Wildman–Crippen LogP) is 1.07. The summed E-state index contributed by atoms with van der Waals surface area (Å²) in [5, 5.41) is 2.56. The molecular weight excluding hydrogens is 1070 g/mol. The van der Waals surface area contributed by atoms with Crippen molar-refractivity contribution in [3.05, 3.63) is 108 Å². The van der Waals surface area contributed by atoms with Crippen molar-refractivity contribution in [1.29, 1.82) is 0 Å². The Morgan fingerprint density at radius 3 is 0.750 bits per heavy atom. The molecule has 9 amide bonds. The van der Waals surface area contributed by atoms with Gasteiger partial charge in [0, 0.05) is 65.8 Å². The molecule has 0 radical (unpaired) electrons. The molecule has 3 rings (SSSR count). The molecule has 0 saturated carbocycles. The third-order valence-corrected chi connectivity index (χ3v) is 14.1. The van der Waals surface area contributed by atoms with Gasteiger partial charge in [0.25, 0.3) is 0 Å². The van der Waals surface area contributed by atoms with Gasteiger partial charge in [0.05, 0.1) is 39.3 Å². The van der Waals surface area contributed by atoms with Crippen LogP contribution >= 0.6 is 0 Å². The van der Waals surface area contributed by atoms with Crippen molar-refractivity contribution in [2.45, 2.75) is 97.2 Å². The molecule has 0 bridgehead atoms.